The van der Waals surface area contributed by atoms with Crippen molar-refractivity contribution in [2.24, 2.45) is 5.73 Å². The predicted molar refractivity (Wildman–Crippen MR) is 117 cm³/mol. The van der Waals surface area contributed by atoms with E-state index in [1.807, 2.05) is 0 Å². The second kappa shape index (κ2) is 10.1. The summed E-state index contributed by atoms with van der Waals surface area (Å²) in [4.78, 5) is 21.3. The number of alkyl halides is 6. The maximum atomic E-state index is 14.6. The van der Waals surface area contributed by atoms with E-state index in [0.29, 0.717) is 6.20 Å². The van der Waals surface area contributed by atoms with E-state index in [4.69, 9.17) is 10.5 Å². The normalized spacial score (nSPS) is 16.7. The molecule has 16 heteroatoms. The van der Waals surface area contributed by atoms with E-state index in [1.165, 1.54) is 17.5 Å². The number of rotatable bonds is 7. The van der Waals surface area contributed by atoms with Gasteiger partial charge in [-0.05, 0) is 30.1 Å². The number of halogens is 7. The number of carbonyl (C=O) groups is 1. The summed E-state index contributed by atoms with van der Waals surface area (Å²) in [5.74, 6) is -2.33. The smallest absolute Gasteiger partial charge is 0.434 e. The first-order valence-electron chi connectivity index (χ1n) is 10.5. The number of carbonyl (C=O) groups excluding carboxylic acids is 1. The molecule has 1 aliphatic heterocycles. The molecule has 8 nitrogen and oxygen atoms in total. The average molecular weight is 550 g/mol. The van der Waals surface area contributed by atoms with Crippen LogP contribution in [0.15, 0.2) is 36.0 Å². The summed E-state index contributed by atoms with van der Waals surface area (Å²) in [5.41, 5.74) is 4.12. The number of hydrogen-bond acceptors (Lipinski definition) is 8. The predicted octanol–water partition coefficient (Wildman–Crippen LogP) is 4.68. The van der Waals surface area contributed by atoms with E-state index in [1.54, 1.807) is 0 Å². The lowest BCUT2D eigenvalue weighted by molar-refractivity contribution is -0.144. The minimum absolute atomic E-state index is 0.0732. The maximum absolute atomic E-state index is 14.6. The highest BCUT2D eigenvalue weighted by Gasteiger charge is 2.36. The Morgan fingerprint density at radius 2 is 1.95 bits per heavy atom. The summed E-state index contributed by atoms with van der Waals surface area (Å²) in [6.07, 6.45) is -8.41. The van der Waals surface area contributed by atoms with Crippen molar-refractivity contribution in [1.29, 1.82) is 0 Å². The van der Waals surface area contributed by atoms with Crippen molar-refractivity contribution in [1.82, 2.24) is 19.2 Å². The molecule has 198 valence electrons. The lowest BCUT2D eigenvalue weighted by atomic mass is 10.2. The van der Waals surface area contributed by atoms with Gasteiger partial charge in [-0.15, -0.1) is 0 Å². The lowest BCUT2D eigenvalue weighted by Gasteiger charge is -2.24. The number of likely N-dealkylation sites (tertiary alicyclic amines) is 1. The fourth-order valence-corrected chi connectivity index (χ4v) is 4.36. The molecule has 3 heterocycles. The van der Waals surface area contributed by atoms with Crippen LogP contribution in [0.4, 0.5) is 48.1 Å². The van der Waals surface area contributed by atoms with Gasteiger partial charge in [0.25, 0.3) is 5.91 Å². The van der Waals surface area contributed by atoms with E-state index in [0.717, 1.165) is 33.6 Å². The number of ether oxygens (including phenoxy) is 1. The van der Waals surface area contributed by atoms with Crippen LogP contribution in [0.1, 0.15) is 22.5 Å². The zero-order valence-electron chi connectivity index (χ0n) is 18.6. The molecule has 1 fully saturated rings. The molecule has 0 unspecified atom stereocenters. The summed E-state index contributed by atoms with van der Waals surface area (Å²) >= 11 is 0.834. The van der Waals surface area contributed by atoms with Crippen molar-refractivity contribution in [3.63, 3.8) is 0 Å². The van der Waals surface area contributed by atoms with Gasteiger partial charge in [0.1, 0.15) is 6.10 Å². The molecule has 1 aliphatic rings. The fourth-order valence-electron chi connectivity index (χ4n) is 3.70. The first-order chi connectivity index (χ1) is 17.3. The lowest BCUT2D eigenvalue weighted by Crippen LogP contribution is -2.33. The van der Waals surface area contributed by atoms with Crippen molar-refractivity contribution in [2.45, 2.75) is 24.9 Å². The second-order valence-electron chi connectivity index (χ2n) is 8.00. The highest BCUT2D eigenvalue weighted by atomic mass is 32.1. The highest BCUT2D eigenvalue weighted by molar-refractivity contribution is 7.04. The van der Waals surface area contributed by atoms with Gasteiger partial charge in [0.15, 0.2) is 28.9 Å². The van der Waals surface area contributed by atoms with Gasteiger partial charge in [-0.2, -0.15) is 30.7 Å². The van der Waals surface area contributed by atoms with Crippen molar-refractivity contribution in [3.05, 3.63) is 53.0 Å². The van der Waals surface area contributed by atoms with Crippen LogP contribution < -0.4 is 15.4 Å². The Kier molecular flexibility index (Phi) is 7.23. The van der Waals surface area contributed by atoms with Gasteiger partial charge in [0, 0.05) is 24.5 Å². The van der Waals surface area contributed by atoms with Crippen LogP contribution >= 0.6 is 11.5 Å². The molecule has 0 aliphatic carbocycles. The topological polar surface area (TPSA) is 97.5 Å². The molecule has 2 N–H and O–H groups in total. The SMILES string of the molecule is NC(=O)c1csnc1N(c1ccc(F)c(O[C@H]2CCN(CC(F)(F)F)C2)c1)c1cnc(C(F)(F)F)cn1. The van der Waals surface area contributed by atoms with Gasteiger partial charge >= 0.3 is 12.4 Å². The van der Waals surface area contributed by atoms with Gasteiger partial charge in [0.2, 0.25) is 0 Å². The van der Waals surface area contributed by atoms with Crippen molar-refractivity contribution >= 4 is 34.8 Å². The third kappa shape index (κ3) is 6.25. The minimum atomic E-state index is -4.76. The monoisotopic (exact) mass is 550 g/mol. The molecule has 4 rings (SSSR count). The number of nitrogens with two attached hydrogens (primary N) is 1. The van der Waals surface area contributed by atoms with Gasteiger partial charge in [-0.3, -0.25) is 14.6 Å². The van der Waals surface area contributed by atoms with Crippen LogP contribution in [0.3, 0.4) is 0 Å². The van der Waals surface area contributed by atoms with Crippen LogP contribution in [-0.2, 0) is 6.18 Å². The number of primary amides is 1. The van der Waals surface area contributed by atoms with Crippen molar-refractivity contribution in [3.8, 4) is 5.75 Å². The van der Waals surface area contributed by atoms with Crippen molar-refractivity contribution in [2.75, 3.05) is 24.5 Å². The second-order valence-corrected chi connectivity index (χ2v) is 8.63. The van der Waals surface area contributed by atoms with E-state index in [9.17, 15) is 35.5 Å². The van der Waals surface area contributed by atoms with Gasteiger partial charge in [-0.25, -0.2) is 14.4 Å². The van der Waals surface area contributed by atoms with Gasteiger partial charge < -0.3 is 10.5 Å². The summed E-state index contributed by atoms with van der Waals surface area (Å²) in [7, 11) is 0. The number of aromatic nitrogens is 3. The van der Waals surface area contributed by atoms with Gasteiger partial charge in [-0.1, -0.05) is 0 Å². The minimum Gasteiger partial charge on any atom is -0.486 e. The molecule has 0 bridgehead atoms. The van der Waals surface area contributed by atoms with Gasteiger partial charge in [0.05, 0.1) is 30.2 Å². The third-order valence-electron chi connectivity index (χ3n) is 5.28. The molecule has 1 atom stereocenters. The summed E-state index contributed by atoms with van der Waals surface area (Å²) in [6.45, 7) is -1.12. The molecule has 3 aromatic rings. The molecular weight excluding hydrogens is 533 g/mol. The number of hydrogen-bond donors (Lipinski definition) is 1. The maximum Gasteiger partial charge on any atom is 0.434 e. The zero-order chi connectivity index (χ0) is 27.0. The average Bonchev–Trinajstić information content (AvgIpc) is 3.44. The van der Waals surface area contributed by atoms with Crippen LogP contribution in [0.2, 0.25) is 0 Å². The number of nitrogens with zero attached hydrogens (tertiary/aromatic N) is 5. The van der Waals surface area contributed by atoms with Crippen LogP contribution in [0, 0.1) is 5.82 Å². The molecule has 37 heavy (non-hydrogen) atoms. The Bertz CT molecular complexity index is 1270. The first kappa shape index (κ1) is 26.5. The van der Waals surface area contributed by atoms with E-state index < -0.39 is 42.4 Å². The number of anilines is 3. The fraction of sp³-hybridized carbons (Fsp3) is 0.333. The molecule has 0 radical (unpaired) electrons. The van der Waals surface area contributed by atoms with E-state index >= 15 is 0 Å². The highest BCUT2D eigenvalue weighted by Crippen LogP contribution is 2.38. The third-order valence-corrected chi connectivity index (χ3v) is 5.90. The molecule has 1 aromatic carbocycles. The Balaban J connectivity index is 1.68. The number of benzene rings is 1. The molecule has 1 amide bonds. The summed E-state index contributed by atoms with van der Waals surface area (Å²) < 4.78 is 101. The van der Waals surface area contributed by atoms with Crippen LogP contribution in [-0.4, -0.2) is 57.1 Å². The van der Waals surface area contributed by atoms with E-state index in [-0.39, 0.29) is 48.1 Å². The zero-order valence-corrected chi connectivity index (χ0v) is 19.4. The Morgan fingerprint density at radius 1 is 1.19 bits per heavy atom. The quantitative estimate of drug-likeness (QED) is 0.427. The molecule has 2 aromatic heterocycles. The summed E-state index contributed by atoms with van der Waals surface area (Å²) in [6, 6.07) is 3.40. The van der Waals surface area contributed by atoms with Crippen molar-refractivity contribution < 1.29 is 40.3 Å². The molecule has 0 spiro atoms. The molecular formula is C21H17F7N6O2S. The molecule has 0 saturated carbocycles. The first-order valence-corrected chi connectivity index (χ1v) is 11.3. The van der Waals surface area contributed by atoms with E-state index in [2.05, 4.69) is 14.3 Å². The Hall–Kier alpha value is -3.53. The largest absolute Gasteiger partial charge is 0.486 e. The number of amides is 1. The summed E-state index contributed by atoms with van der Waals surface area (Å²) in [5, 5.41) is 1.32. The standard InChI is InChI=1S/C21H17F7N6O2S/c22-14-2-1-11(5-15(14)36-12-3-4-33(8-12)10-20(23,24)25)34(19-13(18(29)35)9-37-32-19)17-7-30-16(6-31-17)21(26,27)28/h1-2,5-7,9,12H,3-4,8,10H2,(H2,29,35)/t12-/m0/s1. The van der Waals surface area contributed by atoms with Crippen LogP contribution in [0.5, 0.6) is 5.75 Å². The Morgan fingerprint density at radius 3 is 2.57 bits per heavy atom. The Labute approximate surface area is 208 Å². The molecule has 1 saturated heterocycles. The van der Waals surface area contributed by atoms with Crippen LogP contribution in [0.25, 0.3) is 0 Å².